The smallest absolute Gasteiger partial charge is 0.270 e. The Morgan fingerprint density at radius 3 is 2.80 bits per heavy atom. The third-order valence-corrected chi connectivity index (χ3v) is 3.42. The number of carbonyl (C=O) groups is 1. The summed E-state index contributed by atoms with van der Waals surface area (Å²) in [6.07, 6.45) is 0. The van der Waals surface area contributed by atoms with E-state index in [1.54, 1.807) is 17.9 Å². The van der Waals surface area contributed by atoms with E-state index in [4.69, 9.17) is 0 Å². The molecular weight excluding hydrogens is 282 g/mol. The number of nitrogens with zero attached hydrogens (tertiary/aromatic N) is 2. The molecule has 7 heteroatoms. The van der Waals surface area contributed by atoms with E-state index in [-0.39, 0.29) is 30.0 Å². The first-order chi connectivity index (χ1) is 9.00. The predicted molar refractivity (Wildman–Crippen MR) is 78.4 cm³/mol. The van der Waals surface area contributed by atoms with Gasteiger partial charge in [0.2, 0.25) is 0 Å². The molecule has 2 rings (SSSR count). The van der Waals surface area contributed by atoms with Gasteiger partial charge in [-0.15, -0.1) is 12.4 Å². The molecule has 0 aliphatic carbocycles. The normalized spacial score (nSPS) is 18.3. The number of non-ortho nitro benzene ring substituents is 1. The van der Waals surface area contributed by atoms with Crippen LogP contribution in [0.5, 0.6) is 0 Å². The van der Waals surface area contributed by atoms with Crippen molar-refractivity contribution in [3.05, 3.63) is 39.4 Å². The second-order valence-corrected chi connectivity index (χ2v) is 4.81. The zero-order valence-electron chi connectivity index (χ0n) is 11.5. The van der Waals surface area contributed by atoms with Crippen LogP contribution in [0, 0.1) is 17.0 Å². The number of carbonyl (C=O) groups excluding carboxylic acids is 1. The number of rotatable bonds is 2. The number of benzene rings is 1. The van der Waals surface area contributed by atoms with Crippen molar-refractivity contribution in [2.45, 2.75) is 19.9 Å². The Labute approximate surface area is 123 Å². The highest BCUT2D eigenvalue weighted by Crippen LogP contribution is 2.20. The predicted octanol–water partition coefficient (Wildman–Crippen LogP) is 1.76. The van der Waals surface area contributed by atoms with E-state index in [0.29, 0.717) is 12.1 Å². The third kappa shape index (κ3) is 3.26. The monoisotopic (exact) mass is 299 g/mol. The number of nitro benzene ring substituents is 1. The second kappa shape index (κ2) is 6.67. The molecule has 1 aromatic rings. The number of piperazine rings is 1. The van der Waals surface area contributed by atoms with Gasteiger partial charge in [0.1, 0.15) is 0 Å². The largest absolute Gasteiger partial charge is 0.333 e. The number of nitro groups is 1. The summed E-state index contributed by atoms with van der Waals surface area (Å²) in [7, 11) is 0. The SMILES string of the molecule is Cc1ccc([N+](=O)[O-])cc1C(=O)N1CCNC[C@H]1C.Cl. The van der Waals surface area contributed by atoms with Crippen molar-refractivity contribution < 1.29 is 9.72 Å². The summed E-state index contributed by atoms with van der Waals surface area (Å²) in [5.74, 6) is -0.129. The number of nitrogens with one attached hydrogen (secondary N) is 1. The molecule has 0 unspecified atom stereocenters. The molecule has 0 spiro atoms. The zero-order valence-corrected chi connectivity index (χ0v) is 12.3. The van der Waals surface area contributed by atoms with Crippen LogP contribution in [0.4, 0.5) is 5.69 Å². The van der Waals surface area contributed by atoms with E-state index in [1.165, 1.54) is 12.1 Å². The van der Waals surface area contributed by atoms with Crippen LogP contribution >= 0.6 is 12.4 Å². The average molecular weight is 300 g/mol. The lowest BCUT2D eigenvalue weighted by atomic mass is 10.0. The van der Waals surface area contributed by atoms with E-state index in [2.05, 4.69) is 5.32 Å². The first kappa shape index (κ1) is 16.4. The third-order valence-electron chi connectivity index (χ3n) is 3.42. The van der Waals surface area contributed by atoms with Crippen LogP contribution in [-0.2, 0) is 0 Å². The van der Waals surface area contributed by atoms with Gasteiger partial charge in [-0.25, -0.2) is 0 Å². The Bertz CT molecular complexity index is 522. The fourth-order valence-corrected chi connectivity index (χ4v) is 2.25. The van der Waals surface area contributed by atoms with Crippen LogP contribution in [0.3, 0.4) is 0 Å². The van der Waals surface area contributed by atoms with Crippen LogP contribution in [-0.4, -0.2) is 41.4 Å². The van der Waals surface area contributed by atoms with Gasteiger partial charge in [0, 0.05) is 43.4 Å². The fraction of sp³-hybridized carbons (Fsp3) is 0.462. The quantitative estimate of drug-likeness (QED) is 0.667. The summed E-state index contributed by atoms with van der Waals surface area (Å²) in [4.78, 5) is 24.6. The molecule has 1 atom stereocenters. The van der Waals surface area contributed by atoms with Crippen molar-refractivity contribution >= 4 is 24.0 Å². The lowest BCUT2D eigenvalue weighted by molar-refractivity contribution is -0.384. The van der Waals surface area contributed by atoms with Gasteiger partial charge in [-0.1, -0.05) is 6.07 Å². The summed E-state index contributed by atoms with van der Waals surface area (Å²) in [6.45, 7) is 5.90. The maximum absolute atomic E-state index is 12.5. The molecule has 0 saturated carbocycles. The maximum atomic E-state index is 12.5. The van der Waals surface area contributed by atoms with Gasteiger partial charge in [0.25, 0.3) is 11.6 Å². The molecule has 1 amide bonds. The average Bonchev–Trinajstić information content (AvgIpc) is 2.38. The van der Waals surface area contributed by atoms with Gasteiger partial charge in [0.15, 0.2) is 0 Å². The minimum atomic E-state index is -0.475. The molecule has 1 heterocycles. The number of hydrogen-bond acceptors (Lipinski definition) is 4. The van der Waals surface area contributed by atoms with E-state index < -0.39 is 4.92 Å². The highest BCUT2D eigenvalue weighted by atomic mass is 35.5. The summed E-state index contributed by atoms with van der Waals surface area (Å²) < 4.78 is 0. The number of aryl methyl sites for hydroxylation is 1. The molecule has 0 aromatic heterocycles. The molecule has 1 fully saturated rings. The van der Waals surface area contributed by atoms with Crippen LogP contribution in [0.15, 0.2) is 18.2 Å². The van der Waals surface area contributed by atoms with Gasteiger partial charge >= 0.3 is 0 Å². The van der Waals surface area contributed by atoms with Crippen LogP contribution in [0.25, 0.3) is 0 Å². The van der Waals surface area contributed by atoms with Crippen LogP contribution in [0.1, 0.15) is 22.8 Å². The van der Waals surface area contributed by atoms with Gasteiger partial charge < -0.3 is 10.2 Å². The second-order valence-electron chi connectivity index (χ2n) is 4.81. The molecular formula is C13H18ClN3O3. The van der Waals surface area contributed by atoms with Crippen molar-refractivity contribution in [3.63, 3.8) is 0 Å². The lowest BCUT2D eigenvalue weighted by Crippen LogP contribution is -2.52. The highest BCUT2D eigenvalue weighted by Gasteiger charge is 2.26. The number of halogens is 1. The lowest BCUT2D eigenvalue weighted by Gasteiger charge is -2.34. The molecule has 0 bridgehead atoms. The Morgan fingerprint density at radius 1 is 1.50 bits per heavy atom. The first-order valence-corrected chi connectivity index (χ1v) is 6.27. The van der Waals surface area contributed by atoms with Gasteiger partial charge in [-0.05, 0) is 19.4 Å². The minimum Gasteiger partial charge on any atom is -0.333 e. The molecule has 6 nitrogen and oxygen atoms in total. The molecule has 20 heavy (non-hydrogen) atoms. The summed E-state index contributed by atoms with van der Waals surface area (Å²) in [5.41, 5.74) is 1.14. The van der Waals surface area contributed by atoms with Crippen molar-refractivity contribution in [1.29, 1.82) is 0 Å². The number of amides is 1. The fourth-order valence-electron chi connectivity index (χ4n) is 2.25. The summed E-state index contributed by atoms with van der Waals surface area (Å²) in [5, 5.41) is 14.0. The molecule has 1 N–H and O–H groups in total. The van der Waals surface area contributed by atoms with Crippen molar-refractivity contribution in [1.82, 2.24) is 10.2 Å². The maximum Gasteiger partial charge on any atom is 0.270 e. The Kier molecular flexibility index (Phi) is 5.47. The topological polar surface area (TPSA) is 75.5 Å². The van der Waals surface area contributed by atoms with Gasteiger partial charge in [0.05, 0.1) is 4.92 Å². The molecule has 0 radical (unpaired) electrons. The van der Waals surface area contributed by atoms with E-state index >= 15 is 0 Å². The van der Waals surface area contributed by atoms with E-state index in [1.807, 2.05) is 6.92 Å². The van der Waals surface area contributed by atoms with Crippen molar-refractivity contribution in [2.24, 2.45) is 0 Å². The van der Waals surface area contributed by atoms with Crippen LogP contribution < -0.4 is 5.32 Å². The van der Waals surface area contributed by atoms with E-state index in [9.17, 15) is 14.9 Å². The molecule has 1 aliphatic heterocycles. The van der Waals surface area contributed by atoms with Gasteiger partial charge in [-0.3, -0.25) is 14.9 Å². The van der Waals surface area contributed by atoms with Crippen molar-refractivity contribution in [3.8, 4) is 0 Å². The number of hydrogen-bond donors (Lipinski definition) is 1. The Morgan fingerprint density at radius 2 is 2.20 bits per heavy atom. The molecule has 1 saturated heterocycles. The highest BCUT2D eigenvalue weighted by molar-refractivity contribution is 5.96. The minimum absolute atomic E-state index is 0. The summed E-state index contributed by atoms with van der Waals surface area (Å²) >= 11 is 0. The van der Waals surface area contributed by atoms with E-state index in [0.717, 1.165) is 18.7 Å². The Hall–Kier alpha value is -1.66. The standard InChI is InChI=1S/C13H17N3O3.ClH/c1-9-3-4-11(16(18)19)7-12(9)13(17)15-6-5-14-8-10(15)2;/h3-4,7,10,14H,5-6,8H2,1-2H3;1H/t10-;/m1./s1. The molecule has 1 aliphatic rings. The first-order valence-electron chi connectivity index (χ1n) is 6.27. The van der Waals surface area contributed by atoms with Gasteiger partial charge in [-0.2, -0.15) is 0 Å². The van der Waals surface area contributed by atoms with Crippen LogP contribution in [0.2, 0.25) is 0 Å². The zero-order chi connectivity index (χ0) is 14.0. The molecule has 1 aromatic carbocycles. The molecule has 110 valence electrons. The van der Waals surface area contributed by atoms with Crippen molar-refractivity contribution in [2.75, 3.05) is 19.6 Å². The Balaban J connectivity index is 0.00000200. The summed E-state index contributed by atoms with van der Waals surface area (Å²) in [6, 6.07) is 4.51.